The summed E-state index contributed by atoms with van der Waals surface area (Å²) in [6.07, 6.45) is 0. The lowest BCUT2D eigenvalue weighted by atomic mass is 10.7. The third-order valence-electron chi connectivity index (χ3n) is 0.750. The van der Waals surface area contributed by atoms with Crippen LogP contribution in [0.1, 0.15) is 6.92 Å². The summed E-state index contributed by atoms with van der Waals surface area (Å²) < 4.78 is 0. The Labute approximate surface area is 59.0 Å². The predicted molar refractivity (Wildman–Crippen MR) is 38.4 cm³/mol. The molecule has 0 aromatic heterocycles. The van der Waals surface area contributed by atoms with Gasteiger partial charge in [-0.15, -0.1) is 0 Å². The van der Waals surface area contributed by atoms with E-state index < -0.39 is 0 Å². The molecule has 1 amide bonds. The fraction of sp³-hybridized carbons (Fsp3) is 0.500. The molecule has 0 fully saturated rings. The number of thiocarbonyl (C=S) groups is 1. The van der Waals surface area contributed by atoms with Gasteiger partial charge in [-0.05, 0) is 12.2 Å². The van der Waals surface area contributed by atoms with Crippen LogP contribution in [0, 0.1) is 0 Å². The van der Waals surface area contributed by atoms with Gasteiger partial charge in [-0.3, -0.25) is 15.2 Å². The highest BCUT2D eigenvalue weighted by molar-refractivity contribution is 7.80. The Morgan fingerprint density at radius 1 is 1.78 bits per heavy atom. The Morgan fingerprint density at radius 3 is 2.33 bits per heavy atom. The van der Waals surface area contributed by atoms with Crippen molar-refractivity contribution >= 4 is 23.2 Å². The van der Waals surface area contributed by atoms with Crippen LogP contribution < -0.4 is 11.2 Å². The minimum atomic E-state index is -0.136. The second kappa shape index (κ2) is 3.24. The van der Waals surface area contributed by atoms with Crippen LogP contribution in [0.2, 0.25) is 0 Å². The smallest absolute Gasteiger partial charge is 0.237 e. The second-order valence-corrected chi connectivity index (χ2v) is 1.99. The van der Waals surface area contributed by atoms with Gasteiger partial charge in [-0.25, -0.2) is 0 Å². The molecule has 0 aliphatic rings. The van der Waals surface area contributed by atoms with E-state index in [9.17, 15) is 4.79 Å². The summed E-state index contributed by atoms with van der Waals surface area (Å²) in [6.45, 7) is 1.41. The maximum Gasteiger partial charge on any atom is 0.237 e. The largest absolute Gasteiger partial charge is 0.375 e. The minimum Gasteiger partial charge on any atom is -0.375 e. The van der Waals surface area contributed by atoms with Crippen molar-refractivity contribution in [2.75, 3.05) is 7.05 Å². The highest BCUT2D eigenvalue weighted by Gasteiger charge is 1.98. The second-order valence-electron chi connectivity index (χ2n) is 1.55. The van der Waals surface area contributed by atoms with Crippen molar-refractivity contribution in [2.45, 2.75) is 6.92 Å². The van der Waals surface area contributed by atoms with Gasteiger partial charge in [0, 0.05) is 14.0 Å². The standard InChI is InChI=1S/C4H9N3OS/c1-3(8)7(2)6-4(5)9/h1-2H3,(H3,5,6,9). The quantitative estimate of drug-likeness (QED) is 0.348. The molecule has 0 aliphatic heterocycles. The molecular weight excluding hydrogens is 138 g/mol. The van der Waals surface area contributed by atoms with Gasteiger partial charge in [0.2, 0.25) is 5.91 Å². The Bertz CT molecular complexity index is 136. The summed E-state index contributed by atoms with van der Waals surface area (Å²) >= 11 is 4.46. The molecule has 0 saturated heterocycles. The molecule has 0 heterocycles. The normalized spacial score (nSPS) is 8.22. The Morgan fingerprint density at radius 2 is 2.22 bits per heavy atom. The molecule has 52 valence electrons. The summed E-state index contributed by atoms with van der Waals surface area (Å²) in [5.41, 5.74) is 7.49. The highest BCUT2D eigenvalue weighted by Crippen LogP contribution is 1.73. The number of carbonyl (C=O) groups excluding carboxylic acids is 1. The molecule has 0 radical (unpaired) electrons. The van der Waals surface area contributed by atoms with Crippen LogP contribution in [-0.4, -0.2) is 23.1 Å². The number of hydrogen-bond donors (Lipinski definition) is 2. The highest BCUT2D eigenvalue weighted by atomic mass is 32.1. The van der Waals surface area contributed by atoms with Crippen molar-refractivity contribution in [3.8, 4) is 0 Å². The fourth-order valence-corrected chi connectivity index (χ4v) is 0.381. The molecule has 4 nitrogen and oxygen atoms in total. The van der Waals surface area contributed by atoms with Gasteiger partial charge in [0.15, 0.2) is 5.11 Å². The summed E-state index contributed by atoms with van der Waals surface area (Å²) in [5.74, 6) is -0.136. The van der Waals surface area contributed by atoms with Gasteiger partial charge in [0.1, 0.15) is 0 Å². The van der Waals surface area contributed by atoms with E-state index in [2.05, 4.69) is 17.6 Å². The van der Waals surface area contributed by atoms with E-state index in [0.717, 1.165) is 0 Å². The molecule has 3 N–H and O–H groups in total. The van der Waals surface area contributed by atoms with Gasteiger partial charge in [-0.1, -0.05) is 0 Å². The van der Waals surface area contributed by atoms with E-state index in [1.807, 2.05) is 0 Å². The molecule has 0 aliphatic carbocycles. The van der Waals surface area contributed by atoms with Crippen LogP contribution in [0.25, 0.3) is 0 Å². The number of amides is 1. The fourth-order valence-electron chi connectivity index (χ4n) is 0.244. The number of nitrogens with one attached hydrogen (secondary N) is 1. The van der Waals surface area contributed by atoms with Gasteiger partial charge in [0.05, 0.1) is 0 Å². The van der Waals surface area contributed by atoms with E-state index in [1.165, 1.54) is 11.9 Å². The monoisotopic (exact) mass is 147 g/mol. The molecule has 0 aromatic carbocycles. The summed E-state index contributed by atoms with van der Waals surface area (Å²) in [6, 6.07) is 0. The molecular formula is C4H9N3OS. The van der Waals surface area contributed by atoms with Crippen molar-refractivity contribution in [1.82, 2.24) is 10.4 Å². The first-order valence-electron chi connectivity index (χ1n) is 2.34. The van der Waals surface area contributed by atoms with Crippen LogP contribution in [0.3, 0.4) is 0 Å². The lowest BCUT2D eigenvalue weighted by molar-refractivity contribution is -0.129. The van der Waals surface area contributed by atoms with E-state index >= 15 is 0 Å². The zero-order valence-electron chi connectivity index (χ0n) is 5.34. The van der Waals surface area contributed by atoms with Crippen molar-refractivity contribution < 1.29 is 4.79 Å². The van der Waals surface area contributed by atoms with Crippen LogP contribution in [0.4, 0.5) is 0 Å². The van der Waals surface area contributed by atoms with Gasteiger partial charge in [-0.2, -0.15) is 0 Å². The topological polar surface area (TPSA) is 58.4 Å². The first-order chi connectivity index (χ1) is 4.04. The summed E-state index contributed by atoms with van der Waals surface area (Å²) in [7, 11) is 1.54. The van der Waals surface area contributed by atoms with E-state index in [0.29, 0.717) is 0 Å². The number of carbonyl (C=O) groups is 1. The number of nitrogens with zero attached hydrogens (tertiary/aromatic N) is 1. The number of rotatable bonds is 0. The van der Waals surface area contributed by atoms with Crippen LogP contribution in [0.15, 0.2) is 0 Å². The molecule has 0 unspecified atom stereocenters. The SMILES string of the molecule is CC(=O)N(C)NC(N)=S. The van der Waals surface area contributed by atoms with Crippen molar-refractivity contribution in [2.24, 2.45) is 5.73 Å². The molecule has 0 rings (SSSR count). The lowest BCUT2D eigenvalue weighted by Crippen LogP contribution is -2.44. The summed E-state index contributed by atoms with van der Waals surface area (Å²) in [4.78, 5) is 10.4. The molecule has 0 aromatic rings. The third-order valence-corrected chi connectivity index (χ3v) is 0.842. The van der Waals surface area contributed by atoms with E-state index in [1.54, 1.807) is 7.05 Å². The summed E-state index contributed by atoms with van der Waals surface area (Å²) in [5, 5.41) is 1.30. The Hall–Kier alpha value is -0.840. The zero-order chi connectivity index (χ0) is 7.44. The first-order valence-corrected chi connectivity index (χ1v) is 2.75. The van der Waals surface area contributed by atoms with Crippen molar-refractivity contribution in [3.63, 3.8) is 0 Å². The van der Waals surface area contributed by atoms with Crippen LogP contribution >= 0.6 is 12.2 Å². The number of hydrazine groups is 1. The Kier molecular flexibility index (Phi) is 2.94. The number of nitrogens with two attached hydrogens (primary N) is 1. The van der Waals surface area contributed by atoms with Gasteiger partial charge < -0.3 is 5.73 Å². The maximum atomic E-state index is 10.4. The molecule has 0 saturated carbocycles. The third kappa shape index (κ3) is 3.72. The van der Waals surface area contributed by atoms with Gasteiger partial charge >= 0.3 is 0 Å². The van der Waals surface area contributed by atoms with Gasteiger partial charge in [0.25, 0.3) is 0 Å². The Balaban J connectivity index is 3.63. The van der Waals surface area contributed by atoms with E-state index in [-0.39, 0.29) is 11.0 Å². The van der Waals surface area contributed by atoms with Crippen molar-refractivity contribution in [3.05, 3.63) is 0 Å². The van der Waals surface area contributed by atoms with Crippen LogP contribution in [-0.2, 0) is 4.79 Å². The predicted octanol–water partition coefficient (Wildman–Crippen LogP) is -0.787. The molecule has 9 heavy (non-hydrogen) atoms. The number of hydrogen-bond acceptors (Lipinski definition) is 2. The first kappa shape index (κ1) is 8.16. The molecule has 0 atom stereocenters. The van der Waals surface area contributed by atoms with E-state index in [4.69, 9.17) is 5.73 Å². The average Bonchev–Trinajstić information content (AvgIpc) is 1.63. The van der Waals surface area contributed by atoms with Crippen LogP contribution in [0.5, 0.6) is 0 Å². The minimum absolute atomic E-state index is 0.0905. The molecule has 0 spiro atoms. The maximum absolute atomic E-state index is 10.4. The zero-order valence-corrected chi connectivity index (χ0v) is 6.16. The average molecular weight is 147 g/mol. The molecule has 0 bridgehead atoms. The molecule has 5 heteroatoms. The van der Waals surface area contributed by atoms with Crippen molar-refractivity contribution in [1.29, 1.82) is 0 Å². The lowest BCUT2D eigenvalue weighted by Gasteiger charge is -2.14.